The summed E-state index contributed by atoms with van der Waals surface area (Å²) in [5.74, 6) is -0.363. The van der Waals surface area contributed by atoms with Crippen molar-refractivity contribution in [1.29, 1.82) is 0 Å². The molecule has 5 nitrogen and oxygen atoms in total. The normalized spacial score (nSPS) is 17.9. The smallest absolute Gasteiger partial charge is 0.359 e. The molecule has 0 aliphatic carbocycles. The van der Waals surface area contributed by atoms with Gasteiger partial charge in [-0.1, -0.05) is 0 Å². The summed E-state index contributed by atoms with van der Waals surface area (Å²) < 4.78 is 10.6. The van der Waals surface area contributed by atoms with Gasteiger partial charge in [-0.3, -0.25) is 5.10 Å². The molecule has 5 heteroatoms. The van der Waals surface area contributed by atoms with Gasteiger partial charge in [-0.2, -0.15) is 5.10 Å². The van der Waals surface area contributed by atoms with Crippen LogP contribution in [0, 0.1) is 0 Å². The van der Waals surface area contributed by atoms with E-state index in [9.17, 15) is 4.79 Å². The van der Waals surface area contributed by atoms with Crippen molar-refractivity contribution < 1.29 is 14.3 Å². The molecular weight excluding hydrogens is 208 g/mol. The first-order valence-electron chi connectivity index (χ1n) is 5.45. The van der Waals surface area contributed by atoms with Gasteiger partial charge in [0, 0.05) is 12.0 Å². The first-order valence-corrected chi connectivity index (χ1v) is 5.45. The van der Waals surface area contributed by atoms with Crippen molar-refractivity contribution in [3.63, 3.8) is 0 Å². The van der Waals surface area contributed by atoms with Crippen LogP contribution in [-0.2, 0) is 21.5 Å². The third-order valence-corrected chi connectivity index (χ3v) is 2.75. The van der Waals surface area contributed by atoms with Gasteiger partial charge in [-0.25, -0.2) is 4.79 Å². The van der Waals surface area contributed by atoms with Crippen LogP contribution in [0.4, 0.5) is 0 Å². The number of aromatic amines is 1. The number of carbonyl (C=O) groups is 1. The Morgan fingerprint density at radius 2 is 2.38 bits per heavy atom. The minimum atomic E-state index is -0.411. The Kier molecular flexibility index (Phi) is 2.71. The molecule has 0 atom stereocenters. The lowest BCUT2D eigenvalue weighted by molar-refractivity contribution is -0.0346. The van der Waals surface area contributed by atoms with Crippen LogP contribution in [0.1, 0.15) is 42.5 Å². The summed E-state index contributed by atoms with van der Waals surface area (Å²) in [7, 11) is 0. The van der Waals surface area contributed by atoms with E-state index in [0.717, 1.165) is 11.3 Å². The molecular formula is C11H16N2O3. The molecule has 0 spiro atoms. The number of carbonyl (C=O) groups excluding carboxylic acids is 1. The van der Waals surface area contributed by atoms with Crippen molar-refractivity contribution in [2.75, 3.05) is 13.2 Å². The van der Waals surface area contributed by atoms with Crippen molar-refractivity contribution in [3.8, 4) is 0 Å². The topological polar surface area (TPSA) is 64.2 Å². The van der Waals surface area contributed by atoms with E-state index in [-0.39, 0.29) is 5.97 Å². The monoisotopic (exact) mass is 224 g/mol. The number of H-pyrrole nitrogens is 1. The number of hydrogen-bond donors (Lipinski definition) is 1. The van der Waals surface area contributed by atoms with Gasteiger partial charge in [-0.15, -0.1) is 0 Å². The standard InChI is InChI=1S/C11H16N2O3/c1-4-15-10(14)8-7-5-6-16-11(2,3)9(7)13-12-8/h4-6H2,1-3H3,(H,12,13). The van der Waals surface area contributed by atoms with Crippen LogP contribution in [-0.4, -0.2) is 29.4 Å². The highest BCUT2D eigenvalue weighted by molar-refractivity contribution is 5.89. The summed E-state index contributed by atoms with van der Waals surface area (Å²) in [5.41, 5.74) is 1.79. The Hall–Kier alpha value is -1.36. The Morgan fingerprint density at radius 3 is 3.06 bits per heavy atom. The molecule has 0 aromatic carbocycles. The zero-order valence-electron chi connectivity index (χ0n) is 9.79. The van der Waals surface area contributed by atoms with Crippen LogP contribution in [0.15, 0.2) is 0 Å². The fourth-order valence-corrected chi connectivity index (χ4v) is 1.96. The molecule has 1 aliphatic heterocycles. The number of hydrogen-bond acceptors (Lipinski definition) is 4. The zero-order valence-corrected chi connectivity index (χ0v) is 9.79. The minimum Gasteiger partial charge on any atom is -0.461 e. The van der Waals surface area contributed by atoms with E-state index in [1.807, 2.05) is 13.8 Å². The minimum absolute atomic E-state index is 0.361. The second-order valence-electron chi connectivity index (χ2n) is 4.26. The Balaban J connectivity index is 2.37. The SMILES string of the molecule is CCOC(=O)c1n[nH]c2c1CCOC2(C)C. The van der Waals surface area contributed by atoms with Crippen LogP contribution in [0.25, 0.3) is 0 Å². The average molecular weight is 224 g/mol. The largest absolute Gasteiger partial charge is 0.461 e. The van der Waals surface area contributed by atoms with Crippen LogP contribution >= 0.6 is 0 Å². The number of rotatable bonds is 2. The Bertz CT molecular complexity index is 409. The van der Waals surface area contributed by atoms with E-state index in [2.05, 4.69) is 10.2 Å². The summed E-state index contributed by atoms with van der Waals surface area (Å²) in [6, 6.07) is 0. The number of aromatic nitrogens is 2. The maximum absolute atomic E-state index is 11.6. The molecule has 1 aromatic rings. The maximum atomic E-state index is 11.6. The van der Waals surface area contributed by atoms with Crippen LogP contribution in [0.5, 0.6) is 0 Å². The first-order chi connectivity index (χ1) is 7.56. The van der Waals surface area contributed by atoms with E-state index < -0.39 is 5.60 Å². The third kappa shape index (κ3) is 1.71. The molecule has 0 amide bonds. The molecule has 0 saturated heterocycles. The van der Waals surface area contributed by atoms with E-state index in [1.165, 1.54) is 0 Å². The van der Waals surface area contributed by atoms with Gasteiger partial charge in [-0.05, 0) is 20.8 Å². The number of esters is 1. The zero-order chi connectivity index (χ0) is 11.8. The molecule has 16 heavy (non-hydrogen) atoms. The molecule has 0 radical (unpaired) electrons. The maximum Gasteiger partial charge on any atom is 0.359 e. The molecule has 0 unspecified atom stereocenters. The Labute approximate surface area is 94.1 Å². The van der Waals surface area contributed by atoms with Crippen molar-refractivity contribution in [3.05, 3.63) is 17.0 Å². The van der Waals surface area contributed by atoms with E-state index >= 15 is 0 Å². The molecule has 2 rings (SSSR count). The predicted molar refractivity (Wildman–Crippen MR) is 57.2 cm³/mol. The molecule has 1 aromatic heterocycles. The molecule has 1 N–H and O–H groups in total. The highest BCUT2D eigenvalue weighted by Crippen LogP contribution is 2.32. The summed E-state index contributed by atoms with van der Waals surface area (Å²) in [4.78, 5) is 11.6. The van der Waals surface area contributed by atoms with Crippen molar-refractivity contribution >= 4 is 5.97 Å². The third-order valence-electron chi connectivity index (χ3n) is 2.75. The number of ether oxygens (including phenoxy) is 2. The van der Waals surface area contributed by atoms with Crippen LogP contribution < -0.4 is 0 Å². The number of nitrogens with one attached hydrogen (secondary N) is 1. The van der Waals surface area contributed by atoms with E-state index in [4.69, 9.17) is 9.47 Å². The fourth-order valence-electron chi connectivity index (χ4n) is 1.96. The summed E-state index contributed by atoms with van der Waals surface area (Å²) in [6.07, 6.45) is 0.698. The van der Waals surface area contributed by atoms with E-state index in [1.54, 1.807) is 6.92 Å². The van der Waals surface area contributed by atoms with Crippen LogP contribution in [0.3, 0.4) is 0 Å². The van der Waals surface area contributed by atoms with Gasteiger partial charge in [0.2, 0.25) is 0 Å². The highest BCUT2D eigenvalue weighted by Gasteiger charge is 2.34. The highest BCUT2D eigenvalue weighted by atomic mass is 16.5. The summed E-state index contributed by atoms with van der Waals surface area (Å²) in [6.45, 7) is 6.66. The van der Waals surface area contributed by atoms with Crippen molar-refractivity contribution in [2.45, 2.75) is 32.8 Å². The molecule has 88 valence electrons. The van der Waals surface area contributed by atoms with Crippen molar-refractivity contribution in [1.82, 2.24) is 10.2 Å². The summed E-state index contributed by atoms with van der Waals surface area (Å²) >= 11 is 0. The van der Waals surface area contributed by atoms with Crippen LogP contribution in [0.2, 0.25) is 0 Å². The fraction of sp³-hybridized carbons (Fsp3) is 0.636. The lowest BCUT2D eigenvalue weighted by atomic mass is 9.95. The van der Waals surface area contributed by atoms with Gasteiger partial charge >= 0.3 is 5.97 Å². The number of fused-ring (bicyclic) bond motifs is 1. The van der Waals surface area contributed by atoms with Crippen molar-refractivity contribution in [2.24, 2.45) is 0 Å². The second kappa shape index (κ2) is 3.90. The number of nitrogens with zero attached hydrogens (tertiary/aromatic N) is 1. The van der Waals surface area contributed by atoms with Gasteiger partial charge in [0.15, 0.2) is 5.69 Å². The Morgan fingerprint density at radius 1 is 1.62 bits per heavy atom. The second-order valence-corrected chi connectivity index (χ2v) is 4.26. The lowest BCUT2D eigenvalue weighted by Crippen LogP contribution is -2.29. The molecule has 0 fully saturated rings. The summed E-state index contributed by atoms with van der Waals surface area (Å²) in [5, 5.41) is 6.91. The molecule has 0 bridgehead atoms. The molecule has 2 heterocycles. The average Bonchev–Trinajstić information content (AvgIpc) is 2.62. The predicted octanol–water partition coefficient (Wildman–Crippen LogP) is 1.39. The molecule has 0 saturated carbocycles. The molecule has 1 aliphatic rings. The lowest BCUT2D eigenvalue weighted by Gasteiger charge is -2.29. The van der Waals surface area contributed by atoms with E-state index in [0.29, 0.717) is 25.3 Å². The first kappa shape index (κ1) is 11.1. The van der Waals surface area contributed by atoms with Gasteiger partial charge in [0.1, 0.15) is 5.60 Å². The van der Waals surface area contributed by atoms with Gasteiger partial charge in [0.25, 0.3) is 0 Å². The van der Waals surface area contributed by atoms with Gasteiger partial charge < -0.3 is 9.47 Å². The van der Waals surface area contributed by atoms with Gasteiger partial charge in [0.05, 0.1) is 18.9 Å². The quantitative estimate of drug-likeness (QED) is 0.771.